The van der Waals surface area contributed by atoms with Crippen LogP contribution in [0.4, 0.5) is 13.2 Å². The van der Waals surface area contributed by atoms with Crippen LogP contribution < -0.4 is 0 Å². The van der Waals surface area contributed by atoms with Gasteiger partial charge in [-0.15, -0.1) is 11.6 Å². The smallest absolute Gasteiger partial charge is 0.167 e. The highest BCUT2D eigenvalue weighted by molar-refractivity contribution is 6.67. The number of rotatable bonds is 1. The molecule has 0 amide bonds. The van der Waals surface area contributed by atoms with Crippen molar-refractivity contribution in [3.63, 3.8) is 0 Å². The van der Waals surface area contributed by atoms with E-state index in [-0.39, 0.29) is 11.5 Å². The van der Waals surface area contributed by atoms with Crippen molar-refractivity contribution in [2.75, 3.05) is 0 Å². The summed E-state index contributed by atoms with van der Waals surface area (Å²) in [5, 5.41) is -0.0810. The van der Waals surface area contributed by atoms with Gasteiger partial charge < -0.3 is 0 Å². The van der Waals surface area contributed by atoms with E-state index in [0.29, 0.717) is 6.42 Å². The number of hydrogen-bond acceptors (Lipinski definition) is 0. The molecule has 0 aromatic rings. The lowest BCUT2D eigenvalue weighted by molar-refractivity contribution is -0.0799. The minimum absolute atomic E-state index is 0.0810. The SMILES string of the molecule is C/C=C/C(F)(F)F.CC(Cl)CC(Cl)(Cl)Cl. The van der Waals surface area contributed by atoms with Crippen molar-refractivity contribution in [2.45, 2.75) is 35.6 Å². The number of allylic oxidation sites excluding steroid dienone is 2. The van der Waals surface area contributed by atoms with E-state index in [1.807, 2.05) is 0 Å². The molecule has 0 aromatic heterocycles. The first-order chi connectivity index (χ1) is 6.48. The molecule has 0 rings (SSSR count). The van der Waals surface area contributed by atoms with E-state index in [9.17, 15) is 13.2 Å². The maximum atomic E-state index is 11.0. The monoisotopic (exact) mass is 304 g/mol. The Kier molecular flexibility index (Phi) is 9.49. The van der Waals surface area contributed by atoms with E-state index in [2.05, 4.69) is 0 Å². The van der Waals surface area contributed by atoms with Crippen LogP contribution in [0.3, 0.4) is 0 Å². The molecular formula is C8H11Cl4F3. The standard InChI is InChI=1S/C4H6Cl4.C4H5F3/c1-3(5)2-4(6,7)8;1-2-3-4(5,6)7/h3H,2H2,1H3;2-3H,1H3/b;3-2+. The van der Waals surface area contributed by atoms with Crippen LogP contribution in [0.1, 0.15) is 20.3 Å². The topological polar surface area (TPSA) is 0 Å². The maximum Gasteiger partial charge on any atom is 0.409 e. The predicted octanol–water partition coefficient (Wildman–Crippen LogP) is 5.50. The zero-order valence-corrected chi connectivity index (χ0v) is 11.1. The van der Waals surface area contributed by atoms with Crippen molar-refractivity contribution in [3.8, 4) is 0 Å². The van der Waals surface area contributed by atoms with Gasteiger partial charge in [-0.1, -0.05) is 40.9 Å². The first-order valence-electron chi connectivity index (χ1n) is 3.89. The van der Waals surface area contributed by atoms with Crippen LogP contribution in [-0.4, -0.2) is 15.3 Å². The molecule has 15 heavy (non-hydrogen) atoms. The van der Waals surface area contributed by atoms with Gasteiger partial charge in [-0.25, -0.2) is 0 Å². The molecule has 0 spiro atoms. The average Bonchev–Trinajstić information content (AvgIpc) is 1.77. The van der Waals surface area contributed by atoms with Gasteiger partial charge in [-0.2, -0.15) is 13.2 Å². The lowest BCUT2D eigenvalue weighted by Gasteiger charge is -2.10. The molecule has 0 aliphatic rings. The Morgan fingerprint density at radius 1 is 1.20 bits per heavy atom. The molecule has 7 heteroatoms. The lowest BCUT2D eigenvalue weighted by Crippen LogP contribution is -2.07. The van der Waals surface area contributed by atoms with Gasteiger partial charge in [-0.05, 0) is 13.8 Å². The second-order valence-corrected chi connectivity index (χ2v) is 5.90. The van der Waals surface area contributed by atoms with Crippen molar-refractivity contribution in [3.05, 3.63) is 12.2 Å². The molecule has 0 saturated heterocycles. The van der Waals surface area contributed by atoms with Gasteiger partial charge in [0.1, 0.15) is 0 Å². The highest BCUT2D eigenvalue weighted by atomic mass is 35.6. The number of alkyl halides is 7. The molecule has 0 aliphatic heterocycles. The first-order valence-corrected chi connectivity index (χ1v) is 5.46. The molecule has 0 aromatic carbocycles. The van der Waals surface area contributed by atoms with Gasteiger partial charge in [-0.3, -0.25) is 0 Å². The Bertz CT molecular complexity index is 181. The molecule has 0 N–H and O–H groups in total. The summed E-state index contributed by atoms with van der Waals surface area (Å²) in [4.78, 5) is 0. The second-order valence-electron chi connectivity index (χ2n) is 2.64. The third-order valence-electron chi connectivity index (χ3n) is 0.868. The molecule has 92 valence electrons. The zero-order valence-electron chi connectivity index (χ0n) is 8.08. The van der Waals surface area contributed by atoms with Crippen molar-refractivity contribution in [1.29, 1.82) is 0 Å². The molecule has 0 radical (unpaired) electrons. The Balaban J connectivity index is 0. The molecular weight excluding hydrogens is 295 g/mol. The molecule has 0 aliphatic carbocycles. The van der Waals surface area contributed by atoms with Crippen molar-refractivity contribution in [2.24, 2.45) is 0 Å². The Labute approximate surface area is 107 Å². The third-order valence-corrected chi connectivity index (χ3v) is 1.49. The van der Waals surface area contributed by atoms with Crippen LogP contribution in [-0.2, 0) is 0 Å². The molecule has 1 unspecified atom stereocenters. The largest absolute Gasteiger partial charge is 0.409 e. The summed E-state index contributed by atoms with van der Waals surface area (Å²) in [6.07, 6.45) is -2.60. The zero-order chi connectivity index (χ0) is 12.7. The predicted molar refractivity (Wildman–Crippen MR) is 61.1 cm³/mol. The van der Waals surface area contributed by atoms with E-state index in [1.54, 1.807) is 6.92 Å². The molecule has 0 heterocycles. The summed E-state index contributed by atoms with van der Waals surface area (Å²) in [5.41, 5.74) is 0. The van der Waals surface area contributed by atoms with Crippen LogP contribution in [0.5, 0.6) is 0 Å². The minimum atomic E-state index is -4.13. The molecule has 0 saturated carbocycles. The van der Waals surface area contributed by atoms with Gasteiger partial charge in [0.25, 0.3) is 0 Å². The van der Waals surface area contributed by atoms with Crippen LogP contribution >= 0.6 is 46.4 Å². The van der Waals surface area contributed by atoms with Crippen LogP contribution in [0.25, 0.3) is 0 Å². The van der Waals surface area contributed by atoms with Crippen LogP contribution in [0.2, 0.25) is 0 Å². The van der Waals surface area contributed by atoms with E-state index in [0.717, 1.165) is 6.08 Å². The highest BCUT2D eigenvalue weighted by Crippen LogP contribution is 2.32. The molecule has 0 nitrogen and oxygen atoms in total. The maximum absolute atomic E-state index is 11.0. The number of halogens is 7. The van der Waals surface area contributed by atoms with E-state index < -0.39 is 9.97 Å². The minimum Gasteiger partial charge on any atom is -0.167 e. The third kappa shape index (κ3) is 25.2. The summed E-state index contributed by atoms with van der Waals surface area (Å²) in [6, 6.07) is 0. The van der Waals surface area contributed by atoms with Gasteiger partial charge >= 0.3 is 6.18 Å². The fraction of sp³-hybridized carbons (Fsp3) is 0.750. The van der Waals surface area contributed by atoms with E-state index in [4.69, 9.17) is 46.4 Å². The summed E-state index contributed by atoms with van der Waals surface area (Å²) in [7, 11) is 0. The van der Waals surface area contributed by atoms with Gasteiger partial charge in [0, 0.05) is 17.9 Å². The fourth-order valence-electron chi connectivity index (χ4n) is 0.508. The Morgan fingerprint density at radius 2 is 1.60 bits per heavy atom. The van der Waals surface area contributed by atoms with Gasteiger partial charge in [0.15, 0.2) is 3.79 Å². The quantitative estimate of drug-likeness (QED) is 0.443. The Hall–Kier alpha value is 0.690. The molecule has 0 bridgehead atoms. The average molecular weight is 306 g/mol. The fourth-order valence-corrected chi connectivity index (χ4v) is 1.67. The summed E-state index contributed by atoms with van der Waals surface area (Å²) < 4.78 is 31.7. The van der Waals surface area contributed by atoms with Crippen LogP contribution in [0, 0.1) is 0 Å². The van der Waals surface area contributed by atoms with Crippen molar-refractivity contribution >= 4 is 46.4 Å². The van der Waals surface area contributed by atoms with Gasteiger partial charge in [0.05, 0.1) is 0 Å². The summed E-state index contributed by atoms with van der Waals surface area (Å²) in [5.74, 6) is 0. The van der Waals surface area contributed by atoms with Crippen molar-refractivity contribution in [1.82, 2.24) is 0 Å². The lowest BCUT2D eigenvalue weighted by atomic mass is 10.4. The van der Waals surface area contributed by atoms with Crippen molar-refractivity contribution < 1.29 is 13.2 Å². The Morgan fingerprint density at radius 3 is 1.60 bits per heavy atom. The van der Waals surface area contributed by atoms with E-state index >= 15 is 0 Å². The number of hydrogen-bond donors (Lipinski definition) is 0. The second kappa shape index (κ2) is 7.88. The highest BCUT2D eigenvalue weighted by Gasteiger charge is 2.21. The van der Waals surface area contributed by atoms with E-state index in [1.165, 1.54) is 6.92 Å². The normalized spacial score (nSPS) is 14.7. The molecule has 0 fully saturated rings. The van der Waals surface area contributed by atoms with Crippen LogP contribution in [0.15, 0.2) is 12.2 Å². The molecule has 1 atom stereocenters. The van der Waals surface area contributed by atoms with Gasteiger partial charge in [0.2, 0.25) is 0 Å². The summed E-state index contributed by atoms with van der Waals surface area (Å²) >= 11 is 21.6. The summed E-state index contributed by atoms with van der Waals surface area (Å²) in [6.45, 7) is 3.11. The first kappa shape index (κ1) is 18.1.